The number of morpholine rings is 1. The molecule has 0 bridgehead atoms. The third-order valence-corrected chi connectivity index (χ3v) is 4.93. The van der Waals surface area contributed by atoms with E-state index < -0.39 is 0 Å². The SMILES string of the molecule is Cc1cc(N2CCOCC2)nc(N2CCN(c3cc(C#N)ccn3)CC2)n1. The molecule has 8 heteroatoms. The van der Waals surface area contributed by atoms with Crippen LogP contribution in [0.15, 0.2) is 24.4 Å². The lowest BCUT2D eigenvalue weighted by Crippen LogP contribution is -2.47. The Labute approximate surface area is 159 Å². The smallest absolute Gasteiger partial charge is 0.227 e. The molecule has 8 nitrogen and oxygen atoms in total. The van der Waals surface area contributed by atoms with Crippen LogP contribution in [0.1, 0.15) is 11.3 Å². The Morgan fingerprint density at radius 2 is 1.63 bits per heavy atom. The standard InChI is InChI=1S/C19H23N7O/c1-15-12-18(25-8-10-27-11-9-25)23-19(22-15)26-6-4-24(5-7-26)17-13-16(14-20)2-3-21-17/h2-3,12-13H,4-11H2,1H3. The molecule has 0 aromatic carbocycles. The summed E-state index contributed by atoms with van der Waals surface area (Å²) in [7, 11) is 0. The zero-order valence-electron chi connectivity index (χ0n) is 15.5. The maximum atomic E-state index is 9.08. The Morgan fingerprint density at radius 1 is 0.926 bits per heavy atom. The van der Waals surface area contributed by atoms with Crippen LogP contribution >= 0.6 is 0 Å². The van der Waals surface area contributed by atoms with Gasteiger partial charge in [-0.3, -0.25) is 0 Å². The van der Waals surface area contributed by atoms with Crippen molar-refractivity contribution in [1.82, 2.24) is 15.0 Å². The lowest BCUT2D eigenvalue weighted by Gasteiger charge is -2.36. The molecule has 0 N–H and O–H groups in total. The number of anilines is 3. The van der Waals surface area contributed by atoms with Gasteiger partial charge in [0.05, 0.1) is 24.8 Å². The monoisotopic (exact) mass is 365 g/mol. The molecule has 4 heterocycles. The Balaban J connectivity index is 1.46. The Morgan fingerprint density at radius 3 is 2.37 bits per heavy atom. The molecule has 2 aliphatic heterocycles. The molecule has 2 aromatic rings. The zero-order chi connectivity index (χ0) is 18.6. The minimum Gasteiger partial charge on any atom is -0.378 e. The van der Waals surface area contributed by atoms with Crippen molar-refractivity contribution in [1.29, 1.82) is 5.26 Å². The highest BCUT2D eigenvalue weighted by atomic mass is 16.5. The van der Waals surface area contributed by atoms with Gasteiger partial charge in [0.15, 0.2) is 0 Å². The summed E-state index contributed by atoms with van der Waals surface area (Å²) in [6.07, 6.45) is 1.69. The van der Waals surface area contributed by atoms with E-state index in [4.69, 9.17) is 15.0 Å². The van der Waals surface area contributed by atoms with E-state index in [1.165, 1.54) is 0 Å². The van der Waals surface area contributed by atoms with E-state index >= 15 is 0 Å². The average molecular weight is 365 g/mol. The minimum atomic E-state index is 0.639. The molecule has 140 valence electrons. The average Bonchev–Trinajstić information content (AvgIpc) is 2.74. The van der Waals surface area contributed by atoms with Crippen LogP contribution in [0.2, 0.25) is 0 Å². The van der Waals surface area contributed by atoms with Crippen molar-refractivity contribution in [3.63, 3.8) is 0 Å². The van der Waals surface area contributed by atoms with Gasteiger partial charge in [0.1, 0.15) is 11.6 Å². The maximum Gasteiger partial charge on any atom is 0.227 e. The van der Waals surface area contributed by atoms with Crippen molar-refractivity contribution in [2.45, 2.75) is 6.92 Å². The van der Waals surface area contributed by atoms with Crippen LogP contribution in [0, 0.1) is 18.3 Å². The molecular weight excluding hydrogens is 342 g/mol. The molecule has 0 aliphatic carbocycles. The van der Waals surface area contributed by atoms with Crippen LogP contribution < -0.4 is 14.7 Å². The highest BCUT2D eigenvalue weighted by Crippen LogP contribution is 2.21. The Kier molecular flexibility index (Phi) is 5.03. The normalized spacial score (nSPS) is 17.7. The number of pyridine rings is 1. The van der Waals surface area contributed by atoms with E-state index in [0.717, 1.165) is 75.8 Å². The summed E-state index contributed by atoms with van der Waals surface area (Å²) in [6.45, 7) is 8.53. The Bertz CT molecular complexity index is 836. The molecule has 4 rings (SSSR count). The van der Waals surface area contributed by atoms with Gasteiger partial charge in [-0.05, 0) is 19.1 Å². The second-order valence-electron chi connectivity index (χ2n) is 6.76. The molecule has 0 spiro atoms. The quantitative estimate of drug-likeness (QED) is 0.803. The van der Waals surface area contributed by atoms with E-state index in [1.807, 2.05) is 19.1 Å². The first-order chi connectivity index (χ1) is 13.2. The van der Waals surface area contributed by atoms with Gasteiger partial charge < -0.3 is 19.4 Å². The minimum absolute atomic E-state index is 0.639. The number of aromatic nitrogens is 3. The first-order valence-corrected chi connectivity index (χ1v) is 9.27. The fraction of sp³-hybridized carbons (Fsp3) is 0.474. The summed E-state index contributed by atoms with van der Waals surface area (Å²) < 4.78 is 5.44. The molecule has 2 aromatic heterocycles. The molecule has 0 unspecified atom stereocenters. The topological polar surface area (TPSA) is 81.4 Å². The third kappa shape index (κ3) is 3.93. The number of nitrogens with zero attached hydrogens (tertiary/aromatic N) is 7. The van der Waals surface area contributed by atoms with Crippen molar-refractivity contribution in [2.24, 2.45) is 0 Å². The first-order valence-electron chi connectivity index (χ1n) is 9.27. The van der Waals surface area contributed by atoms with Crippen molar-refractivity contribution in [3.8, 4) is 6.07 Å². The van der Waals surface area contributed by atoms with E-state index in [1.54, 1.807) is 12.3 Å². The van der Waals surface area contributed by atoms with Gasteiger partial charge in [-0.1, -0.05) is 0 Å². The van der Waals surface area contributed by atoms with Crippen LogP contribution in [-0.4, -0.2) is 67.4 Å². The molecule has 0 saturated carbocycles. The van der Waals surface area contributed by atoms with Crippen LogP contribution in [0.3, 0.4) is 0 Å². The maximum absolute atomic E-state index is 9.08. The number of ether oxygens (including phenoxy) is 1. The van der Waals surface area contributed by atoms with Crippen molar-refractivity contribution >= 4 is 17.6 Å². The van der Waals surface area contributed by atoms with Crippen molar-refractivity contribution in [2.75, 3.05) is 67.2 Å². The van der Waals surface area contributed by atoms with E-state index in [2.05, 4.69) is 30.7 Å². The molecule has 2 saturated heterocycles. The second kappa shape index (κ2) is 7.76. The van der Waals surface area contributed by atoms with Gasteiger partial charge in [0.2, 0.25) is 5.95 Å². The van der Waals surface area contributed by atoms with E-state index in [-0.39, 0.29) is 0 Å². The number of rotatable bonds is 3. The van der Waals surface area contributed by atoms with Crippen molar-refractivity contribution in [3.05, 3.63) is 35.7 Å². The van der Waals surface area contributed by atoms with Crippen molar-refractivity contribution < 1.29 is 4.74 Å². The summed E-state index contributed by atoms with van der Waals surface area (Å²) in [5, 5.41) is 9.08. The number of piperazine rings is 1. The molecule has 2 aliphatic rings. The Hall–Kier alpha value is -2.92. The van der Waals surface area contributed by atoms with Crippen LogP contribution in [0.25, 0.3) is 0 Å². The summed E-state index contributed by atoms with van der Waals surface area (Å²) in [5.74, 6) is 2.62. The molecule has 27 heavy (non-hydrogen) atoms. The number of hydrogen-bond acceptors (Lipinski definition) is 8. The lowest BCUT2D eigenvalue weighted by molar-refractivity contribution is 0.122. The molecule has 0 radical (unpaired) electrons. The number of aryl methyl sites for hydroxylation is 1. The van der Waals surface area contributed by atoms with Gasteiger partial charge in [0.25, 0.3) is 0 Å². The van der Waals surface area contributed by atoms with Gasteiger partial charge in [-0.25, -0.2) is 9.97 Å². The highest BCUT2D eigenvalue weighted by Gasteiger charge is 2.22. The van der Waals surface area contributed by atoms with Gasteiger partial charge in [0, 0.05) is 57.2 Å². The molecule has 2 fully saturated rings. The predicted octanol–water partition coefficient (Wildman–Crippen LogP) is 1.21. The van der Waals surface area contributed by atoms with Gasteiger partial charge in [-0.15, -0.1) is 0 Å². The molecule has 0 atom stereocenters. The summed E-state index contributed by atoms with van der Waals surface area (Å²) in [6, 6.07) is 7.79. The highest BCUT2D eigenvalue weighted by molar-refractivity contribution is 5.49. The summed E-state index contributed by atoms with van der Waals surface area (Å²) in [5.41, 5.74) is 1.62. The van der Waals surface area contributed by atoms with Crippen LogP contribution in [-0.2, 0) is 4.74 Å². The fourth-order valence-electron chi connectivity index (χ4n) is 3.43. The molecule has 0 amide bonds. The number of nitriles is 1. The predicted molar refractivity (Wildman–Crippen MR) is 103 cm³/mol. The van der Waals surface area contributed by atoms with Gasteiger partial charge in [-0.2, -0.15) is 10.2 Å². The fourth-order valence-corrected chi connectivity index (χ4v) is 3.43. The lowest BCUT2D eigenvalue weighted by atomic mass is 10.2. The first kappa shape index (κ1) is 17.5. The van der Waals surface area contributed by atoms with Crippen LogP contribution in [0.5, 0.6) is 0 Å². The summed E-state index contributed by atoms with van der Waals surface area (Å²) >= 11 is 0. The van der Waals surface area contributed by atoms with Gasteiger partial charge >= 0.3 is 0 Å². The van der Waals surface area contributed by atoms with E-state index in [0.29, 0.717) is 5.56 Å². The third-order valence-electron chi connectivity index (χ3n) is 4.93. The molecular formula is C19H23N7O. The van der Waals surface area contributed by atoms with E-state index in [9.17, 15) is 0 Å². The summed E-state index contributed by atoms with van der Waals surface area (Å²) in [4.78, 5) is 20.6. The second-order valence-corrected chi connectivity index (χ2v) is 6.76. The zero-order valence-corrected chi connectivity index (χ0v) is 15.5. The largest absolute Gasteiger partial charge is 0.378 e. The van der Waals surface area contributed by atoms with Crippen LogP contribution in [0.4, 0.5) is 17.6 Å². The number of hydrogen-bond donors (Lipinski definition) is 0.